The van der Waals surface area contributed by atoms with Gasteiger partial charge in [-0.15, -0.1) is 0 Å². The van der Waals surface area contributed by atoms with Crippen molar-refractivity contribution in [3.8, 4) is 0 Å². The molecular weight excluding hydrogens is 226 g/mol. The van der Waals surface area contributed by atoms with Crippen LogP contribution in [0.25, 0.3) is 0 Å². The van der Waals surface area contributed by atoms with E-state index < -0.39 is 0 Å². The van der Waals surface area contributed by atoms with Gasteiger partial charge in [0.2, 0.25) is 0 Å². The summed E-state index contributed by atoms with van der Waals surface area (Å²) in [6, 6.07) is 11.1. The number of rotatable bonds is 3. The first-order chi connectivity index (χ1) is 8.58. The van der Waals surface area contributed by atoms with Crippen molar-refractivity contribution in [3.63, 3.8) is 0 Å². The van der Waals surface area contributed by atoms with Crippen LogP contribution in [0.2, 0.25) is 0 Å². The number of carbonyl (C=O) groups excluding carboxylic acids is 1. The summed E-state index contributed by atoms with van der Waals surface area (Å²) in [7, 11) is 1.85. The number of aryl methyl sites for hydroxylation is 1. The molecule has 3 N–H and O–H groups in total. The highest BCUT2D eigenvalue weighted by Gasteiger charge is 2.13. The van der Waals surface area contributed by atoms with Crippen LogP contribution in [0.4, 0.5) is 5.69 Å². The maximum absolute atomic E-state index is 12.0. The first-order valence-corrected chi connectivity index (χ1v) is 5.85. The molecule has 4 nitrogen and oxygen atoms in total. The maximum atomic E-state index is 12.0. The second-order valence-electron chi connectivity index (χ2n) is 4.37. The molecule has 1 heterocycles. The molecule has 0 saturated heterocycles. The Morgan fingerprint density at radius 1 is 1.28 bits per heavy atom. The minimum atomic E-state index is -0.0770. The van der Waals surface area contributed by atoms with Crippen molar-refractivity contribution in [2.45, 2.75) is 13.0 Å². The van der Waals surface area contributed by atoms with Crippen LogP contribution in [0.1, 0.15) is 29.0 Å². The Labute approximate surface area is 106 Å². The highest BCUT2D eigenvalue weighted by atomic mass is 16.2. The molecule has 0 saturated carbocycles. The molecule has 4 heteroatoms. The SMILES string of the molecule is CC(NC(=O)c1cccn1C)c1ccc(N)cc1. The third-order valence-corrected chi connectivity index (χ3v) is 2.96. The summed E-state index contributed by atoms with van der Waals surface area (Å²) >= 11 is 0. The number of amides is 1. The number of carbonyl (C=O) groups is 1. The zero-order valence-corrected chi connectivity index (χ0v) is 10.6. The van der Waals surface area contributed by atoms with Crippen LogP contribution >= 0.6 is 0 Å². The minimum absolute atomic E-state index is 0.0481. The smallest absolute Gasteiger partial charge is 0.268 e. The van der Waals surface area contributed by atoms with Crippen molar-refractivity contribution in [2.75, 3.05) is 5.73 Å². The van der Waals surface area contributed by atoms with E-state index in [1.807, 2.05) is 50.5 Å². The van der Waals surface area contributed by atoms with E-state index in [1.165, 1.54) is 0 Å². The number of nitrogens with one attached hydrogen (secondary N) is 1. The topological polar surface area (TPSA) is 60.0 Å². The van der Waals surface area contributed by atoms with Gasteiger partial charge in [-0.3, -0.25) is 4.79 Å². The summed E-state index contributed by atoms with van der Waals surface area (Å²) < 4.78 is 1.80. The van der Waals surface area contributed by atoms with Gasteiger partial charge >= 0.3 is 0 Å². The summed E-state index contributed by atoms with van der Waals surface area (Å²) in [6.45, 7) is 1.95. The predicted molar refractivity (Wildman–Crippen MR) is 72.1 cm³/mol. The van der Waals surface area contributed by atoms with E-state index in [9.17, 15) is 4.79 Å². The molecule has 1 unspecified atom stereocenters. The molecule has 0 spiro atoms. The standard InChI is InChI=1S/C14H17N3O/c1-10(11-5-7-12(15)8-6-11)16-14(18)13-4-3-9-17(13)2/h3-10H,15H2,1-2H3,(H,16,18). The highest BCUT2D eigenvalue weighted by Crippen LogP contribution is 2.15. The fraction of sp³-hybridized carbons (Fsp3) is 0.214. The number of benzene rings is 1. The second kappa shape index (κ2) is 4.96. The summed E-state index contributed by atoms with van der Waals surface area (Å²) in [5, 5.41) is 2.96. The Kier molecular flexibility index (Phi) is 3.37. The van der Waals surface area contributed by atoms with Crippen LogP contribution in [0.5, 0.6) is 0 Å². The van der Waals surface area contributed by atoms with Crippen LogP contribution < -0.4 is 11.1 Å². The van der Waals surface area contributed by atoms with Gasteiger partial charge in [0.1, 0.15) is 5.69 Å². The number of aromatic nitrogens is 1. The van der Waals surface area contributed by atoms with Crippen LogP contribution in [-0.2, 0) is 7.05 Å². The molecular formula is C14H17N3O. The van der Waals surface area contributed by atoms with Gasteiger partial charge in [0.15, 0.2) is 0 Å². The van der Waals surface area contributed by atoms with Crippen molar-refractivity contribution in [1.82, 2.24) is 9.88 Å². The number of nitrogen functional groups attached to an aromatic ring is 1. The van der Waals surface area contributed by atoms with E-state index in [0.717, 1.165) is 11.3 Å². The Balaban J connectivity index is 2.08. The lowest BCUT2D eigenvalue weighted by molar-refractivity contribution is 0.0931. The van der Waals surface area contributed by atoms with Crippen molar-refractivity contribution in [3.05, 3.63) is 53.9 Å². The fourth-order valence-corrected chi connectivity index (χ4v) is 1.84. The number of anilines is 1. The average molecular weight is 243 g/mol. The summed E-state index contributed by atoms with van der Waals surface area (Å²) in [6.07, 6.45) is 1.85. The average Bonchev–Trinajstić information content (AvgIpc) is 2.76. The zero-order chi connectivity index (χ0) is 13.1. The molecule has 0 aliphatic carbocycles. The van der Waals surface area contributed by atoms with Gasteiger partial charge in [-0.05, 0) is 36.8 Å². The van der Waals surface area contributed by atoms with Crippen molar-refractivity contribution >= 4 is 11.6 Å². The molecule has 94 valence electrons. The lowest BCUT2D eigenvalue weighted by Crippen LogP contribution is -2.28. The molecule has 18 heavy (non-hydrogen) atoms. The number of nitrogens with two attached hydrogens (primary N) is 1. The van der Waals surface area contributed by atoms with E-state index in [-0.39, 0.29) is 11.9 Å². The molecule has 0 aliphatic rings. The Bertz CT molecular complexity index is 542. The minimum Gasteiger partial charge on any atom is -0.399 e. The normalized spacial score (nSPS) is 12.1. The fourth-order valence-electron chi connectivity index (χ4n) is 1.84. The predicted octanol–water partition coefficient (Wildman–Crippen LogP) is 2.10. The zero-order valence-electron chi connectivity index (χ0n) is 10.6. The first-order valence-electron chi connectivity index (χ1n) is 5.85. The van der Waals surface area contributed by atoms with Crippen LogP contribution in [-0.4, -0.2) is 10.5 Å². The third kappa shape index (κ3) is 2.53. The Hall–Kier alpha value is -2.23. The van der Waals surface area contributed by atoms with Gasteiger partial charge in [-0.2, -0.15) is 0 Å². The molecule has 1 atom stereocenters. The van der Waals surface area contributed by atoms with Gasteiger partial charge in [0, 0.05) is 18.9 Å². The van der Waals surface area contributed by atoms with Crippen LogP contribution in [0.15, 0.2) is 42.6 Å². The van der Waals surface area contributed by atoms with Gasteiger partial charge in [0.25, 0.3) is 5.91 Å². The molecule has 0 radical (unpaired) electrons. The molecule has 1 aromatic carbocycles. The van der Waals surface area contributed by atoms with E-state index in [1.54, 1.807) is 10.6 Å². The van der Waals surface area contributed by atoms with Gasteiger partial charge < -0.3 is 15.6 Å². The number of nitrogens with zero attached hydrogens (tertiary/aromatic N) is 1. The van der Waals surface area contributed by atoms with Crippen molar-refractivity contribution < 1.29 is 4.79 Å². The van der Waals surface area contributed by atoms with E-state index in [4.69, 9.17) is 5.73 Å². The third-order valence-electron chi connectivity index (χ3n) is 2.96. The lowest BCUT2D eigenvalue weighted by Gasteiger charge is -2.14. The first kappa shape index (κ1) is 12.2. The number of hydrogen-bond acceptors (Lipinski definition) is 2. The summed E-state index contributed by atoms with van der Waals surface area (Å²) in [5.74, 6) is -0.0770. The monoisotopic (exact) mass is 243 g/mol. The van der Waals surface area contributed by atoms with Gasteiger partial charge in [-0.1, -0.05) is 12.1 Å². The van der Waals surface area contributed by atoms with Gasteiger partial charge in [-0.25, -0.2) is 0 Å². The molecule has 2 aromatic rings. The number of hydrogen-bond donors (Lipinski definition) is 2. The van der Waals surface area contributed by atoms with Gasteiger partial charge in [0.05, 0.1) is 6.04 Å². The van der Waals surface area contributed by atoms with Crippen molar-refractivity contribution in [2.24, 2.45) is 7.05 Å². The Morgan fingerprint density at radius 3 is 2.50 bits per heavy atom. The van der Waals surface area contributed by atoms with E-state index >= 15 is 0 Å². The molecule has 0 aliphatic heterocycles. The quantitative estimate of drug-likeness (QED) is 0.811. The van der Waals surface area contributed by atoms with E-state index in [0.29, 0.717) is 5.69 Å². The van der Waals surface area contributed by atoms with Crippen LogP contribution in [0.3, 0.4) is 0 Å². The largest absolute Gasteiger partial charge is 0.399 e. The molecule has 0 bridgehead atoms. The second-order valence-corrected chi connectivity index (χ2v) is 4.37. The highest BCUT2D eigenvalue weighted by molar-refractivity contribution is 5.92. The molecule has 1 aromatic heterocycles. The molecule has 1 amide bonds. The Morgan fingerprint density at radius 2 is 1.94 bits per heavy atom. The molecule has 2 rings (SSSR count). The van der Waals surface area contributed by atoms with Crippen LogP contribution in [0, 0.1) is 0 Å². The summed E-state index contributed by atoms with van der Waals surface area (Å²) in [5.41, 5.74) is 8.04. The summed E-state index contributed by atoms with van der Waals surface area (Å²) in [4.78, 5) is 12.0. The maximum Gasteiger partial charge on any atom is 0.268 e. The van der Waals surface area contributed by atoms with Crippen molar-refractivity contribution in [1.29, 1.82) is 0 Å². The lowest BCUT2D eigenvalue weighted by atomic mass is 10.1. The van der Waals surface area contributed by atoms with E-state index in [2.05, 4.69) is 5.32 Å². The molecule has 0 fully saturated rings.